The summed E-state index contributed by atoms with van der Waals surface area (Å²) in [4.78, 5) is 21.7. The van der Waals surface area contributed by atoms with Crippen molar-refractivity contribution >= 4 is 5.91 Å². The van der Waals surface area contributed by atoms with E-state index in [1.807, 2.05) is 41.3 Å². The minimum Gasteiger partial charge on any atom is -0.341 e. The van der Waals surface area contributed by atoms with Gasteiger partial charge in [0.05, 0.1) is 12.5 Å². The first-order valence-electron chi connectivity index (χ1n) is 9.93. The average molecular weight is 378 g/mol. The number of nitrogens with zero attached hydrogens (tertiary/aromatic N) is 4. The summed E-state index contributed by atoms with van der Waals surface area (Å²) in [5, 5.41) is 4.13. The van der Waals surface area contributed by atoms with Crippen molar-refractivity contribution in [3.63, 3.8) is 0 Å². The minimum absolute atomic E-state index is 0.0917. The van der Waals surface area contributed by atoms with Crippen LogP contribution in [-0.4, -0.2) is 52.0 Å². The van der Waals surface area contributed by atoms with E-state index in [4.69, 9.17) is 4.52 Å². The third kappa shape index (κ3) is 4.22. The molecule has 2 heterocycles. The minimum atomic E-state index is -0.0917. The molecule has 1 aromatic carbocycles. The van der Waals surface area contributed by atoms with E-state index in [2.05, 4.69) is 34.1 Å². The zero-order chi connectivity index (χ0) is 19.3. The predicted molar refractivity (Wildman–Crippen MR) is 107 cm³/mol. The van der Waals surface area contributed by atoms with Gasteiger partial charge in [0.1, 0.15) is 0 Å². The van der Waals surface area contributed by atoms with Crippen LogP contribution in [0.15, 0.2) is 58.7 Å². The zero-order valence-electron chi connectivity index (χ0n) is 16.3. The lowest BCUT2D eigenvalue weighted by atomic mass is 9.93. The topological polar surface area (TPSA) is 62.5 Å². The van der Waals surface area contributed by atoms with Crippen LogP contribution in [-0.2, 0) is 11.3 Å². The van der Waals surface area contributed by atoms with Gasteiger partial charge in [-0.1, -0.05) is 47.2 Å². The van der Waals surface area contributed by atoms with Gasteiger partial charge in [0, 0.05) is 31.7 Å². The SMILES string of the molecule is CC1=CCC=CC1C(=O)N1CCCN(Cc2noc(-c3ccccc3)n2)CC1. The van der Waals surface area contributed by atoms with Crippen molar-refractivity contribution in [2.24, 2.45) is 5.92 Å². The second kappa shape index (κ2) is 8.52. The summed E-state index contributed by atoms with van der Waals surface area (Å²) in [6.07, 6.45) is 8.16. The summed E-state index contributed by atoms with van der Waals surface area (Å²) in [5.74, 6) is 1.37. The summed E-state index contributed by atoms with van der Waals surface area (Å²) in [5.41, 5.74) is 2.09. The van der Waals surface area contributed by atoms with Crippen molar-refractivity contribution in [3.05, 3.63) is 60.0 Å². The van der Waals surface area contributed by atoms with E-state index in [0.717, 1.165) is 50.2 Å². The molecule has 1 atom stereocenters. The molecule has 6 heteroatoms. The first-order chi connectivity index (χ1) is 13.7. The molecule has 0 N–H and O–H groups in total. The second-order valence-electron chi connectivity index (χ2n) is 7.43. The highest BCUT2D eigenvalue weighted by atomic mass is 16.5. The van der Waals surface area contributed by atoms with Crippen molar-refractivity contribution in [2.45, 2.75) is 26.3 Å². The highest BCUT2D eigenvalue weighted by Gasteiger charge is 2.26. The number of carbonyl (C=O) groups excluding carboxylic acids is 1. The molecule has 2 aliphatic rings. The number of allylic oxidation sites excluding steroid dienone is 2. The highest BCUT2D eigenvalue weighted by molar-refractivity contribution is 5.83. The molecule has 1 fully saturated rings. The first-order valence-corrected chi connectivity index (χ1v) is 9.93. The van der Waals surface area contributed by atoms with Gasteiger partial charge >= 0.3 is 0 Å². The summed E-state index contributed by atoms with van der Waals surface area (Å²) in [6, 6.07) is 9.80. The van der Waals surface area contributed by atoms with Crippen molar-refractivity contribution in [1.29, 1.82) is 0 Å². The number of aromatic nitrogens is 2. The van der Waals surface area contributed by atoms with Crippen LogP contribution < -0.4 is 0 Å². The number of rotatable bonds is 4. The summed E-state index contributed by atoms with van der Waals surface area (Å²) < 4.78 is 5.41. The lowest BCUT2D eigenvalue weighted by Gasteiger charge is -2.26. The number of hydrogen-bond acceptors (Lipinski definition) is 5. The van der Waals surface area contributed by atoms with Gasteiger partial charge in [-0.15, -0.1) is 0 Å². The molecule has 0 saturated carbocycles. The van der Waals surface area contributed by atoms with Gasteiger partial charge in [0.25, 0.3) is 5.89 Å². The van der Waals surface area contributed by atoms with Crippen molar-refractivity contribution in [1.82, 2.24) is 19.9 Å². The fourth-order valence-electron chi connectivity index (χ4n) is 3.79. The molecule has 146 valence electrons. The molecule has 1 aromatic heterocycles. The first kappa shape index (κ1) is 18.6. The van der Waals surface area contributed by atoms with Crippen molar-refractivity contribution < 1.29 is 9.32 Å². The van der Waals surface area contributed by atoms with E-state index < -0.39 is 0 Å². The fraction of sp³-hybridized carbons (Fsp3) is 0.409. The van der Waals surface area contributed by atoms with Crippen molar-refractivity contribution in [3.8, 4) is 11.5 Å². The van der Waals surface area contributed by atoms with Gasteiger partial charge in [-0.05, 0) is 31.9 Å². The van der Waals surface area contributed by atoms with Gasteiger partial charge in [0.15, 0.2) is 5.82 Å². The Labute approximate surface area is 165 Å². The van der Waals surface area contributed by atoms with Gasteiger partial charge in [0.2, 0.25) is 5.91 Å². The van der Waals surface area contributed by atoms with Gasteiger partial charge in [-0.3, -0.25) is 9.69 Å². The number of carbonyl (C=O) groups is 1. The molecule has 6 nitrogen and oxygen atoms in total. The standard InChI is InChI=1S/C22H26N4O2/c1-17-8-5-6-11-19(17)22(27)26-13-7-12-25(14-15-26)16-20-23-21(28-24-20)18-9-3-2-4-10-18/h2-4,6,8-11,19H,5,7,12-16H2,1H3. The predicted octanol–water partition coefficient (Wildman–Crippen LogP) is 3.29. The summed E-state index contributed by atoms with van der Waals surface area (Å²) in [6.45, 7) is 5.97. The van der Waals surface area contributed by atoms with E-state index in [9.17, 15) is 4.79 Å². The van der Waals surface area contributed by atoms with Crippen LogP contribution in [0.1, 0.15) is 25.6 Å². The second-order valence-corrected chi connectivity index (χ2v) is 7.43. The molecule has 1 aliphatic carbocycles. The Kier molecular flexibility index (Phi) is 5.67. The number of amides is 1. The van der Waals surface area contributed by atoms with Gasteiger partial charge in [-0.25, -0.2) is 0 Å². The Hall–Kier alpha value is -2.73. The Bertz CT molecular complexity index is 872. The molecule has 1 unspecified atom stereocenters. The van der Waals surface area contributed by atoms with E-state index in [0.29, 0.717) is 18.3 Å². The van der Waals surface area contributed by atoms with Crippen LogP contribution in [0.4, 0.5) is 0 Å². The van der Waals surface area contributed by atoms with Crippen LogP contribution in [0.5, 0.6) is 0 Å². The average Bonchev–Trinajstić information content (AvgIpc) is 3.06. The van der Waals surface area contributed by atoms with Crippen LogP contribution in [0.3, 0.4) is 0 Å². The largest absolute Gasteiger partial charge is 0.341 e. The fourth-order valence-corrected chi connectivity index (χ4v) is 3.79. The molecule has 2 aromatic rings. The maximum Gasteiger partial charge on any atom is 0.257 e. The number of hydrogen-bond donors (Lipinski definition) is 0. The molecule has 0 bridgehead atoms. The zero-order valence-corrected chi connectivity index (χ0v) is 16.3. The Morgan fingerprint density at radius 3 is 2.86 bits per heavy atom. The molecule has 1 saturated heterocycles. The van der Waals surface area contributed by atoms with E-state index >= 15 is 0 Å². The van der Waals surface area contributed by atoms with Crippen LogP contribution in [0.2, 0.25) is 0 Å². The molecular weight excluding hydrogens is 352 g/mol. The molecule has 1 aliphatic heterocycles. The van der Waals surface area contributed by atoms with Crippen molar-refractivity contribution in [2.75, 3.05) is 26.2 Å². The van der Waals surface area contributed by atoms with E-state index in [1.54, 1.807) is 0 Å². The van der Waals surface area contributed by atoms with E-state index in [-0.39, 0.29) is 11.8 Å². The maximum atomic E-state index is 12.9. The molecule has 28 heavy (non-hydrogen) atoms. The third-order valence-electron chi connectivity index (χ3n) is 5.42. The summed E-state index contributed by atoms with van der Waals surface area (Å²) >= 11 is 0. The normalized spacial score (nSPS) is 20.7. The molecular formula is C22H26N4O2. The van der Waals surface area contributed by atoms with Gasteiger partial charge in [-0.2, -0.15) is 4.98 Å². The molecule has 0 spiro atoms. The maximum absolute atomic E-state index is 12.9. The van der Waals surface area contributed by atoms with Crippen LogP contribution >= 0.6 is 0 Å². The Balaban J connectivity index is 1.35. The highest BCUT2D eigenvalue weighted by Crippen LogP contribution is 2.22. The third-order valence-corrected chi connectivity index (χ3v) is 5.42. The van der Waals surface area contributed by atoms with E-state index in [1.165, 1.54) is 0 Å². The quantitative estimate of drug-likeness (QED) is 0.764. The number of benzene rings is 1. The summed E-state index contributed by atoms with van der Waals surface area (Å²) in [7, 11) is 0. The lowest BCUT2D eigenvalue weighted by molar-refractivity contribution is -0.132. The monoisotopic (exact) mass is 378 g/mol. The van der Waals surface area contributed by atoms with Crippen LogP contribution in [0.25, 0.3) is 11.5 Å². The molecule has 0 radical (unpaired) electrons. The lowest BCUT2D eigenvalue weighted by Crippen LogP contribution is -2.39. The smallest absolute Gasteiger partial charge is 0.257 e. The molecule has 4 rings (SSSR count). The van der Waals surface area contributed by atoms with Gasteiger partial charge < -0.3 is 9.42 Å². The molecule has 1 amide bonds. The Morgan fingerprint density at radius 1 is 1.18 bits per heavy atom. The van der Waals surface area contributed by atoms with Crippen LogP contribution in [0, 0.1) is 5.92 Å². The Morgan fingerprint density at radius 2 is 2.04 bits per heavy atom.